The van der Waals surface area contributed by atoms with Gasteiger partial charge in [-0.25, -0.2) is 19.2 Å². The fraction of sp³-hybridized carbons (Fsp3) is 0.333. The highest BCUT2D eigenvalue weighted by Crippen LogP contribution is 1.87. The SMILES string of the molecule is CC(O)C(=O)O.O=C1CC(=O)NC(=O)N1.O=C1CC(=O)NC(=O)N1.O=C1CC(=O)NC(=O)N1. The Bertz CT molecular complexity index is 660. The number of urea groups is 3. The number of rotatable bonds is 1. The van der Waals surface area contributed by atoms with Gasteiger partial charge >= 0.3 is 24.1 Å². The molecular formula is C15H18N6O12. The molecule has 3 fully saturated rings. The molecule has 0 radical (unpaired) electrons. The van der Waals surface area contributed by atoms with E-state index in [4.69, 9.17) is 10.2 Å². The number of aliphatic carboxylic acids is 1. The molecule has 18 heteroatoms. The Morgan fingerprint density at radius 1 is 0.576 bits per heavy atom. The van der Waals surface area contributed by atoms with Gasteiger partial charge in [0.1, 0.15) is 25.4 Å². The van der Waals surface area contributed by atoms with Crippen molar-refractivity contribution in [3.63, 3.8) is 0 Å². The Kier molecular flexibility index (Phi) is 11.6. The highest BCUT2D eigenvalue weighted by molar-refractivity contribution is 6.15. The monoisotopic (exact) mass is 474 g/mol. The summed E-state index contributed by atoms with van der Waals surface area (Å²) in [6.07, 6.45) is -2.01. The van der Waals surface area contributed by atoms with Crippen LogP contribution in [0.25, 0.3) is 0 Å². The molecule has 3 aliphatic rings. The van der Waals surface area contributed by atoms with Gasteiger partial charge < -0.3 is 10.2 Å². The van der Waals surface area contributed by atoms with E-state index in [1.165, 1.54) is 6.92 Å². The third kappa shape index (κ3) is 14.0. The van der Waals surface area contributed by atoms with E-state index in [1.807, 2.05) is 31.9 Å². The van der Waals surface area contributed by atoms with Gasteiger partial charge in [-0.05, 0) is 6.92 Å². The molecule has 0 aliphatic carbocycles. The van der Waals surface area contributed by atoms with Crippen LogP contribution in [0.3, 0.4) is 0 Å². The van der Waals surface area contributed by atoms with Crippen LogP contribution in [0.1, 0.15) is 26.2 Å². The zero-order chi connectivity index (χ0) is 25.7. The first-order chi connectivity index (χ1) is 15.2. The summed E-state index contributed by atoms with van der Waals surface area (Å²) in [6.45, 7) is 1.20. The van der Waals surface area contributed by atoms with Crippen molar-refractivity contribution in [3.8, 4) is 0 Å². The molecule has 1 atom stereocenters. The molecule has 180 valence electrons. The highest BCUT2D eigenvalue weighted by atomic mass is 16.4. The Labute approximate surface area is 182 Å². The minimum Gasteiger partial charge on any atom is -0.479 e. The van der Waals surface area contributed by atoms with Gasteiger partial charge in [-0.3, -0.25) is 60.7 Å². The zero-order valence-corrected chi connectivity index (χ0v) is 16.7. The molecule has 1 unspecified atom stereocenters. The maximum absolute atomic E-state index is 10.3. The van der Waals surface area contributed by atoms with Gasteiger partial charge in [-0.2, -0.15) is 0 Å². The van der Waals surface area contributed by atoms with E-state index >= 15 is 0 Å². The van der Waals surface area contributed by atoms with E-state index in [1.54, 1.807) is 0 Å². The standard InChI is InChI=1S/3C4H4N2O3.C3H6O3/c3*7-2-1-3(8)6-4(9)5-2;1-2(4)3(5)6/h3*1H2,(H2,5,6,7,8,9);2,4H,1H3,(H,5,6). The number of carbonyl (C=O) groups is 10. The molecule has 0 aromatic rings. The van der Waals surface area contributed by atoms with Crippen LogP contribution in [0.2, 0.25) is 0 Å². The normalized spacial score (nSPS) is 17.9. The number of amides is 12. The van der Waals surface area contributed by atoms with E-state index in [2.05, 4.69) is 0 Å². The smallest absolute Gasteiger partial charge is 0.332 e. The molecule has 3 rings (SSSR count). The highest BCUT2D eigenvalue weighted by Gasteiger charge is 2.21. The van der Waals surface area contributed by atoms with Gasteiger partial charge in [0, 0.05) is 0 Å². The minimum absolute atomic E-state index is 0.258. The van der Waals surface area contributed by atoms with E-state index in [9.17, 15) is 47.9 Å². The van der Waals surface area contributed by atoms with Gasteiger partial charge in [0.25, 0.3) is 0 Å². The van der Waals surface area contributed by atoms with Crippen molar-refractivity contribution in [1.29, 1.82) is 0 Å². The van der Waals surface area contributed by atoms with Crippen LogP contribution in [0, 0.1) is 0 Å². The number of hydrogen-bond donors (Lipinski definition) is 8. The number of hydrogen-bond acceptors (Lipinski definition) is 11. The summed E-state index contributed by atoms with van der Waals surface area (Å²) in [6, 6.07) is -2.22. The van der Waals surface area contributed by atoms with Crippen LogP contribution in [0.5, 0.6) is 0 Å². The third-order valence-corrected chi connectivity index (χ3v) is 2.84. The summed E-state index contributed by atoms with van der Waals surface area (Å²) in [5.74, 6) is -4.50. The number of aliphatic hydroxyl groups is 1. The summed E-state index contributed by atoms with van der Waals surface area (Å²) in [5, 5.41) is 27.2. The molecule has 12 amide bonds. The van der Waals surface area contributed by atoms with Crippen molar-refractivity contribution < 1.29 is 58.2 Å². The second-order valence-corrected chi connectivity index (χ2v) is 5.82. The van der Waals surface area contributed by atoms with Crippen LogP contribution in [-0.2, 0) is 33.6 Å². The van der Waals surface area contributed by atoms with E-state index in [0.717, 1.165) is 0 Å². The van der Waals surface area contributed by atoms with Gasteiger partial charge in [0.15, 0.2) is 0 Å². The summed E-state index contributed by atoms with van der Waals surface area (Å²) in [4.78, 5) is 102. The van der Waals surface area contributed by atoms with Crippen molar-refractivity contribution in [1.82, 2.24) is 31.9 Å². The number of carbonyl (C=O) groups excluding carboxylic acids is 9. The lowest BCUT2D eigenvalue weighted by atomic mass is 10.3. The fourth-order valence-electron chi connectivity index (χ4n) is 1.56. The topological polar surface area (TPSA) is 283 Å². The van der Waals surface area contributed by atoms with Crippen LogP contribution in [0.15, 0.2) is 0 Å². The lowest BCUT2D eigenvalue weighted by molar-refractivity contribution is -0.145. The Hall–Kier alpha value is -4.74. The van der Waals surface area contributed by atoms with Crippen molar-refractivity contribution in [2.24, 2.45) is 0 Å². The number of carboxylic acids is 1. The van der Waals surface area contributed by atoms with Gasteiger partial charge in [-0.15, -0.1) is 0 Å². The van der Waals surface area contributed by atoms with Crippen molar-refractivity contribution in [3.05, 3.63) is 0 Å². The summed E-state index contributed by atoms with van der Waals surface area (Å²) in [5.41, 5.74) is 0. The van der Waals surface area contributed by atoms with Crippen LogP contribution < -0.4 is 31.9 Å². The first-order valence-corrected chi connectivity index (χ1v) is 8.51. The lowest BCUT2D eigenvalue weighted by Gasteiger charge is -2.09. The second-order valence-electron chi connectivity index (χ2n) is 5.82. The molecule has 33 heavy (non-hydrogen) atoms. The average molecular weight is 474 g/mol. The number of carboxylic acid groups (broad SMARTS) is 1. The van der Waals surface area contributed by atoms with Crippen molar-refractivity contribution in [2.45, 2.75) is 32.3 Å². The lowest BCUT2D eigenvalue weighted by Crippen LogP contribution is -2.49. The van der Waals surface area contributed by atoms with Gasteiger partial charge in [0.2, 0.25) is 35.4 Å². The third-order valence-electron chi connectivity index (χ3n) is 2.84. The zero-order valence-electron chi connectivity index (χ0n) is 16.7. The van der Waals surface area contributed by atoms with E-state index < -0.39 is 65.6 Å². The fourth-order valence-corrected chi connectivity index (χ4v) is 1.56. The quantitative estimate of drug-likeness (QED) is 0.167. The molecule has 0 bridgehead atoms. The van der Waals surface area contributed by atoms with Gasteiger partial charge in [-0.1, -0.05) is 0 Å². The van der Waals surface area contributed by atoms with Crippen molar-refractivity contribution >= 4 is 59.5 Å². The predicted molar refractivity (Wildman–Crippen MR) is 98.2 cm³/mol. The molecule has 0 spiro atoms. The maximum Gasteiger partial charge on any atom is 0.332 e. The predicted octanol–water partition coefficient (Wildman–Crippen LogP) is -4.32. The second kappa shape index (κ2) is 13.5. The Morgan fingerprint density at radius 2 is 0.727 bits per heavy atom. The maximum atomic E-state index is 10.3. The molecule has 8 N–H and O–H groups in total. The Morgan fingerprint density at radius 3 is 0.818 bits per heavy atom. The summed E-state index contributed by atoms with van der Waals surface area (Å²) in [7, 11) is 0. The molecule has 18 nitrogen and oxygen atoms in total. The molecular weight excluding hydrogens is 456 g/mol. The molecule has 3 heterocycles. The molecule has 0 aromatic heterocycles. The molecule has 0 aromatic carbocycles. The molecule has 3 saturated heterocycles. The largest absolute Gasteiger partial charge is 0.479 e. The van der Waals surface area contributed by atoms with Crippen LogP contribution in [-0.4, -0.2) is 75.8 Å². The van der Waals surface area contributed by atoms with Crippen molar-refractivity contribution in [2.75, 3.05) is 0 Å². The molecule has 0 saturated carbocycles. The first kappa shape index (κ1) is 28.3. The number of barbiturate groups is 3. The summed E-state index contributed by atoms with van der Waals surface area (Å²) >= 11 is 0. The number of imide groups is 6. The van der Waals surface area contributed by atoms with E-state index in [-0.39, 0.29) is 19.3 Å². The van der Waals surface area contributed by atoms with Crippen LogP contribution >= 0.6 is 0 Å². The molecule has 3 aliphatic heterocycles. The first-order valence-electron chi connectivity index (χ1n) is 8.51. The number of nitrogens with one attached hydrogen (secondary N) is 6. The number of aliphatic hydroxyl groups excluding tert-OH is 1. The average Bonchev–Trinajstić information content (AvgIpc) is 2.59. The van der Waals surface area contributed by atoms with Gasteiger partial charge in [0.05, 0.1) is 0 Å². The van der Waals surface area contributed by atoms with Crippen LogP contribution in [0.4, 0.5) is 14.4 Å². The Balaban J connectivity index is 0.000000419. The van der Waals surface area contributed by atoms with E-state index in [0.29, 0.717) is 0 Å². The summed E-state index contributed by atoms with van der Waals surface area (Å²) < 4.78 is 0. The minimum atomic E-state index is -1.23.